The van der Waals surface area contributed by atoms with Gasteiger partial charge in [-0.1, -0.05) is 0 Å². The number of benzene rings is 1. The Morgan fingerprint density at radius 1 is 1.10 bits per heavy atom. The van der Waals surface area contributed by atoms with E-state index < -0.39 is 0 Å². The van der Waals surface area contributed by atoms with Crippen LogP contribution >= 0.6 is 11.3 Å². The van der Waals surface area contributed by atoms with Gasteiger partial charge in [0.25, 0.3) is 0 Å². The number of fused-ring (bicyclic) bond motifs is 1. The minimum Gasteiger partial charge on any atom is -0.379 e. The third-order valence-corrected chi connectivity index (χ3v) is 6.35. The first-order valence-electron chi connectivity index (χ1n) is 10.1. The zero-order valence-electron chi connectivity index (χ0n) is 16.6. The van der Waals surface area contributed by atoms with Crippen molar-refractivity contribution >= 4 is 22.2 Å². The fourth-order valence-electron chi connectivity index (χ4n) is 4.09. The highest BCUT2D eigenvalue weighted by Gasteiger charge is 2.17. The van der Waals surface area contributed by atoms with Crippen LogP contribution in [0.25, 0.3) is 33.2 Å². The summed E-state index contributed by atoms with van der Waals surface area (Å²) in [6.07, 6.45) is 4.75. The summed E-state index contributed by atoms with van der Waals surface area (Å²) in [5.74, 6) is 0. The van der Waals surface area contributed by atoms with Crippen LogP contribution in [0.2, 0.25) is 0 Å². The number of H-pyrrole nitrogens is 1. The third kappa shape index (κ3) is 3.75. The molecule has 30 heavy (non-hydrogen) atoms. The predicted molar refractivity (Wildman–Crippen MR) is 121 cm³/mol. The van der Waals surface area contributed by atoms with Crippen molar-refractivity contribution in [2.45, 2.75) is 6.42 Å². The van der Waals surface area contributed by atoms with E-state index in [0.717, 1.165) is 66.9 Å². The van der Waals surface area contributed by atoms with Gasteiger partial charge in [-0.05, 0) is 46.7 Å². The second-order valence-corrected chi connectivity index (χ2v) is 8.31. The Labute approximate surface area is 179 Å². The molecule has 6 heteroatoms. The van der Waals surface area contributed by atoms with E-state index in [2.05, 4.69) is 43.8 Å². The summed E-state index contributed by atoms with van der Waals surface area (Å²) in [5.41, 5.74) is 7.44. The van der Waals surface area contributed by atoms with Gasteiger partial charge >= 0.3 is 0 Å². The van der Waals surface area contributed by atoms with Gasteiger partial charge in [0, 0.05) is 71.7 Å². The summed E-state index contributed by atoms with van der Waals surface area (Å²) < 4.78 is 5.48. The summed E-state index contributed by atoms with van der Waals surface area (Å²) in [6, 6.07) is 12.5. The lowest BCUT2D eigenvalue weighted by Crippen LogP contribution is -2.37. The van der Waals surface area contributed by atoms with Crippen LogP contribution in [0.4, 0.5) is 0 Å². The van der Waals surface area contributed by atoms with Crippen molar-refractivity contribution in [3.8, 4) is 28.3 Å². The van der Waals surface area contributed by atoms with Gasteiger partial charge in [-0.2, -0.15) is 16.6 Å². The minimum absolute atomic E-state index is 0.671. The number of pyridine rings is 1. The molecule has 1 aromatic carbocycles. The van der Waals surface area contributed by atoms with Gasteiger partial charge in [0.2, 0.25) is 0 Å². The molecule has 0 aliphatic carbocycles. The van der Waals surface area contributed by atoms with E-state index in [1.807, 2.05) is 30.6 Å². The molecule has 0 atom stereocenters. The minimum atomic E-state index is 0.671. The van der Waals surface area contributed by atoms with Crippen molar-refractivity contribution in [3.63, 3.8) is 0 Å². The van der Waals surface area contributed by atoms with Crippen LogP contribution in [0.5, 0.6) is 0 Å². The van der Waals surface area contributed by atoms with Gasteiger partial charge in [0.15, 0.2) is 0 Å². The van der Waals surface area contributed by atoms with E-state index in [-0.39, 0.29) is 0 Å². The standard InChI is InChI=1S/C24H22N4OS/c25-13-17-1-2-22-21(11-17)24(23(27-22)3-5-28-6-8-29-9-7-28)20-12-19(14-26-15-20)18-4-10-30-16-18/h1-2,4,10-12,14-16,27H,3,5-9H2. The molecule has 3 aromatic heterocycles. The molecule has 0 spiro atoms. The van der Waals surface area contributed by atoms with Crippen LogP contribution in [0, 0.1) is 11.3 Å². The molecule has 1 aliphatic rings. The molecule has 0 amide bonds. The zero-order chi connectivity index (χ0) is 20.3. The predicted octanol–water partition coefficient (Wildman–Crippen LogP) is 4.70. The van der Waals surface area contributed by atoms with Gasteiger partial charge < -0.3 is 9.72 Å². The SMILES string of the molecule is N#Cc1ccc2[nH]c(CCN3CCOCC3)c(-c3cncc(-c4ccsc4)c3)c2c1. The number of thiophene rings is 1. The molecule has 150 valence electrons. The normalized spacial score (nSPS) is 14.8. The van der Waals surface area contributed by atoms with Gasteiger partial charge in [-0.3, -0.25) is 9.88 Å². The molecule has 5 rings (SSSR count). The summed E-state index contributed by atoms with van der Waals surface area (Å²) in [4.78, 5) is 10.6. The molecule has 4 aromatic rings. The third-order valence-electron chi connectivity index (χ3n) is 5.67. The molecule has 0 radical (unpaired) electrons. The first-order valence-corrected chi connectivity index (χ1v) is 11.1. The smallest absolute Gasteiger partial charge is 0.0991 e. The van der Waals surface area contributed by atoms with Crippen LogP contribution < -0.4 is 0 Å². The number of hydrogen-bond acceptors (Lipinski definition) is 5. The van der Waals surface area contributed by atoms with E-state index >= 15 is 0 Å². The van der Waals surface area contributed by atoms with Crippen LogP contribution in [0.1, 0.15) is 11.3 Å². The highest BCUT2D eigenvalue weighted by atomic mass is 32.1. The van der Waals surface area contributed by atoms with Gasteiger partial charge in [-0.25, -0.2) is 0 Å². The van der Waals surface area contributed by atoms with Gasteiger partial charge in [-0.15, -0.1) is 0 Å². The van der Waals surface area contributed by atoms with Crippen molar-refractivity contribution in [3.05, 3.63) is 64.7 Å². The zero-order valence-corrected chi connectivity index (χ0v) is 17.4. The largest absolute Gasteiger partial charge is 0.379 e. The lowest BCUT2D eigenvalue weighted by atomic mass is 9.98. The number of aromatic nitrogens is 2. The molecular weight excluding hydrogens is 392 g/mol. The number of rotatable bonds is 5. The van der Waals surface area contributed by atoms with Gasteiger partial charge in [0.05, 0.1) is 24.8 Å². The number of nitrogens with one attached hydrogen (secondary N) is 1. The summed E-state index contributed by atoms with van der Waals surface area (Å²) in [6.45, 7) is 4.54. The Kier molecular flexibility index (Phi) is 5.33. The monoisotopic (exact) mass is 414 g/mol. The first kappa shape index (κ1) is 19.0. The number of nitrogens with zero attached hydrogens (tertiary/aromatic N) is 3. The lowest BCUT2D eigenvalue weighted by Gasteiger charge is -2.26. The fourth-order valence-corrected chi connectivity index (χ4v) is 4.76. The Morgan fingerprint density at radius 2 is 1.97 bits per heavy atom. The average Bonchev–Trinajstić information content (AvgIpc) is 3.46. The van der Waals surface area contributed by atoms with Crippen LogP contribution in [-0.4, -0.2) is 47.7 Å². The number of nitriles is 1. The van der Waals surface area contributed by atoms with Crippen molar-refractivity contribution in [2.24, 2.45) is 0 Å². The Balaban J connectivity index is 1.58. The Bertz CT molecular complexity index is 1200. The maximum absolute atomic E-state index is 9.42. The maximum atomic E-state index is 9.42. The molecule has 1 aliphatic heterocycles. The van der Waals surface area contributed by atoms with Crippen molar-refractivity contribution in [2.75, 3.05) is 32.8 Å². The van der Waals surface area contributed by atoms with Crippen LogP contribution in [0.15, 0.2) is 53.5 Å². The molecule has 0 bridgehead atoms. The van der Waals surface area contributed by atoms with Crippen molar-refractivity contribution < 1.29 is 4.74 Å². The summed E-state index contributed by atoms with van der Waals surface area (Å²) in [5, 5.41) is 14.7. The summed E-state index contributed by atoms with van der Waals surface area (Å²) >= 11 is 1.69. The van der Waals surface area contributed by atoms with Crippen molar-refractivity contribution in [1.29, 1.82) is 5.26 Å². The quantitative estimate of drug-likeness (QED) is 0.514. The van der Waals surface area contributed by atoms with Crippen molar-refractivity contribution in [1.82, 2.24) is 14.9 Å². The van der Waals surface area contributed by atoms with Gasteiger partial charge in [0.1, 0.15) is 0 Å². The van der Waals surface area contributed by atoms with Crippen LogP contribution in [-0.2, 0) is 11.2 Å². The second-order valence-electron chi connectivity index (χ2n) is 7.53. The number of morpholine rings is 1. The molecule has 1 fully saturated rings. The lowest BCUT2D eigenvalue weighted by molar-refractivity contribution is 0.0384. The molecule has 5 nitrogen and oxygen atoms in total. The highest BCUT2D eigenvalue weighted by Crippen LogP contribution is 2.35. The number of ether oxygens (including phenoxy) is 1. The van der Waals surface area contributed by atoms with E-state index in [1.165, 1.54) is 11.3 Å². The van der Waals surface area contributed by atoms with E-state index in [1.54, 1.807) is 11.3 Å². The number of hydrogen-bond donors (Lipinski definition) is 1. The van der Waals surface area contributed by atoms with E-state index in [0.29, 0.717) is 5.56 Å². The average molecular weight is 415 g/mol. The molecule has 0 saturated carbocycles. The number of aromatic amines is 1. The molecule has 1 N–H and O–H groups in total. The fraction of sp³-hybridized carbons (Fsp3) is 0.250. The van der Waals surface area contributed by atoms with Crippen LogP contribution in [0.3, 0.4) is 0 Å². The Hall–Kier alpha value is -2.98. The first-order chi connectivity index (χ1) is 14.8. The van der Waals surface area contributed by atoms with E-state index in [9.17, 15) is 5.26 Å². The molecular formula is C24H22N4OS. The second kappa shape index (κ2) is 8.41. The Morgan fingerprint density at radius 3 is 2.77 bits per heavy atom. The topological polar surface area (TPSA) is 64.9 Å². The molecule has 4 heterocycles. The van der Waals surface area contributed by atoms with E-state index in [4.69, 9.17) is 4.74 Å². The summed E-state index contributed by atoms with van der Waals surface area (Å²) in [7, 11) is 0. The maximum Gasteiger partial charge on any atom is 0.0991 e. The molecule has 1 saturated heterocycles. The highest BCUT2D eigenvalue weighted by molar-refractivity contribution is 7.08. The molecule has 0 unspecified atom stereocenters.